The zero-order valence-corrected chi connectivity index (χ0v) is 53.9. The molecule has 0 aromatic carbocycles. The van der Waals surface area contributed by atoms with Crippen LogP contribution in [0, 0.1) is 0 Å². The summed E-state index contributed by atoms with van der Waals surface area (Å²) in [6.07, 6.45) is 100. The molecule has 0 saturated carbocycles. The molecule has 1 unspecified atom stereocenters. The quantitative estimate of drug-likeness (QED) is 0.0261. The highest BCUT2D eigenvalue weighted by atomic mass is 16.6. The summed E-state index contributed by atoms with van der Waals surface area (Å²) in [6, 6.07) is 0. The lowest BCUT2D eigenvalue weighted by Gasteiger charge is -2.18. The molecule has 0 fully saturated rings. The van der Waals surface area contributed by atoms with Crippen molar-refractivity contribution >= 4 is 17.9 Å². The summed E-state index contributed by atoms with van der Waals surface area (Å²) in [5, 5.41) is 0. The summed E-state index contributed by atoms with van der Waals surface area (Å²) < 4.78 is 16.9. The van der Waals surface area contributed by atoms with E-state index >= 15 is 0 Å². The van der Waals surface area contributed by atoms with Crippen molar-refractivity contribution in [2.45, 2.75) is 309 Å². The predicted molar refractivity (Wildman–Crippen MR) is 362 cm³/mol. The van der Waals surface area contributed by atoms with Gasteiger partial charge in [0.05, 0.1) is 0 Å². The molecule has 0 saturated heterocycles. The van der Waals surface area contributed by atoms with E-state index in [4.69, 9.17) is 14.2 Å². The van der Waals surface area contributed by atoms with E-state index in [2.05, 4.69) is 167 Å². The van der Waals surface area contributed by atoms with Gasteiger partial charge in [-0.15, -0.1) is 0 Å². The van der Waals surface area contributed by atoms with Gasteiger partial charge in [0, 0.05) is 19.3 Å². The van der Waals surface area contributed by atoms with Gasteiger partial charge in [-0.2, -0.15) is 0 Å². The number of esters is 3. The normalized spacial score (nSPS) is 13.0. The van der Waals surface area contributed by atoms with Crippen molar-refractivity contribution in [2.75, 3.05) is 13.2 Å². The summed E-state index contributed by atoms with van der Waals surface area (Å²) in [6.45, 7) is 6.38. The van der Waals surface area contributed by atoms with Gasteiger partial charge < -0.3 is 14.2 Å². The standard InChI is InChI=1S/C77H126O6/c1-4-7-10-13-16-19-22-25-27-29-31-33-34-35-36-37-38-39-40-41-42-44-45-47-49-52-55-58-61-64-67-70-76(79)82-73-74(72-81-75(78)69-66-63-60-57-54-51-24-21-18-15-12-9-6-3)83-77(80)71-68-65-62-59-56-53-50-48-46-43-32-30-28-26-23-20-17-14-11-8-5-2/h7,9-10,12,16,18-19,21,25,27,31,33,35-36,38-39,41-42,45,47,51-52,54-55,74H,4-6,8,11,13-15,17,20,22-24,26,28-30,32,34,37,40,43-44,46,48-50,53,56-73H2,1-3H3/b10-7-,12-9-,19-16-,21-18-,27-25-,33-31-,36-35-,39-38-,42-41-,47-45-,54-51-,55-52-. The zero-order chi connectivity index (χ0) is 59.9. The monoisotopic (exact) mass is 1150 g/mol. The molecule has 83 heavy (non-hydrogen) atoms. The Hall–Kier alpha value is -4.71. The summed E-state index contributed by atoms with van der Waals surface area (Å²) in [5.41, 5.74) is 0. The number of unbranched alkanes of at least 4 members (excludes halogenated alkanes) is 26. The number of hydrogen-bond donors (Lipinski definition) is 0. The van der Waals surface area contributed by atoms with E-state index in [-0.39, 0.29) is 31.1 Å². The maximum Gasteiger partial charge on any atom is 0.306 e. The van der Waals surface area contributed by atoms with E-state index < -0.39 is 6.10 Å². The molecule has 0 aliphatic rings. The molecule has 0 aliphatic heterocycles. The van der Waals surface area contributed by atoms with Crippen molar-refractivity contribution in [3.05, 3.63) is 146 Å². The molecule has 0 bridgehead atoms. The minimum absolute atomic E-state index is 0.106. The molecule has 0 heterocycles. The number of allylic oxidation sites excluding steroid dienone is 24. The minimum Gasteiger partial charge on any atom is -0.462 e. The maximum atomic E-state index is 12.9. The van der Waals surface area contributed by atoms with Crippen molar-refractivity contribution in [3.63, 3.8) is 0 Å². The van der Waals surface area contributed by atoms with Crippen molar-refractivity contribution in [1.82, 2.24) is 0 Å². The molecule has 0 rings (SSSR count). The first-order valence-corrected chi connectivity index (χ1v) is 34.3. The Bertz CT molecular complexity index is 1800. The van der Waals surface area contributed by atoms with Gasteiger partial charge in [-0.05, 0) is 122 Å². The van der Waals surface area contributed by atoms with E-state index in [1.807, 2.05) is 0 Å². The number of hydrogen-bond acceptors (Lipinski definition) is 6. The first-order valence-electron chi connectivity index (χ1n) is 34.3. The zero-order valence-electron chi connectivity index (χ0n) is 53.9. The second-order valence-electron chi connectivity index (χ2n) is 22.3. The Morgan fingerprint density at radius 2 is 0.470 bits per heavy atom. The van der Waals surface area contributed by atoms with E-state index in [0.29, 0.717) is 19.3 Å². The SMILES string of the molecule is CC/C=C\C/C=C\C/C=C\C/C=C\C/C=C\C/C=C\C/C=C\C/C=C\C/C=C\CCCCCC(=O)OCC(COC(=O)CCCCC/C=C\C/C=C\C/C=C\CC)OC(=O)CCCCCCCCCCCCCCCCCCCCCCC. The van der Waals surface area contributed by atoms with E-state index in [1.54, 1.807) is 0 Å². The number of carbonyl (C=O) groups excluding carboxylic acids is 3. The van der Waals surface area contributed by atoms with Crippen LogP contribution in [-0.2, 0) is 28.6 Å². The molecular weight excluding hydrogens is 1020 g/mol. The third kappa shape index (κ3) is 68.0. The molecule has 0 aliphatic carbocycles. The first-order chi connectivity index (χ1) is 41.0. The van der Waals surface area contributed by atoms with Gasteiger partial charge in [0.15, 0.2) is 6.10 Å². The van der Waals surface area contributed by atoms with Crippen LogP contribution < -0.4 is 0 Å². The molecular formula is C77H126O6. The fourth-order valence-corrected chi connectivity index (χ4v) is 9.27. The summed E-state index contributed by atoms with van der Waals surface area (Å²) in [7, 11) is 0. The van der Waals surface area contributed by atoms with Gasteiger partial charge in [-0.3, -0.25) is 14.4 Å². The molecule has 0 radical (unpaired) electrons. The topological polar surface area (TPSA) is 78.9 Å². The van der Waals surface area contributed by atoms with E-state index in [9.17, 15) is 14.4 Å². The van der Waals surface area contributed by atoms with Crippen molar-refractivity contribution in [3.8, 4) is 0 Å². The lowest BCUT2D eigenvalue weighted by atomic mass is 10.0. The van der Waals surface area contributed by atoms with Crippen LogP contribution in [0.25, 0.3) is 0 Å². The smallest absolute Gasteiger partial charge is 0.306 e. The molecule has 0 aromatic rings. The third-order valence-electron chi connectivity index (χ3n) is 14.3. The number of carbonyl (C=O) groups is 3. The van der Waals surface area contributed by atoms with Crippen LogP contribution >= 0.6 is 0 Å². The first kappa shape index (κ1) is 78.3. The highest BCUT2D eigenvalue weighted by molar-refractivity contribution is 5.71. The average molecular weight is 1150 g/mol. The molecule has 470 valence electrons. The largest absolute Gasteiger partial charge is 0.462 e. The van der Waals surface area contributed by atoms with Crippen LogP contribution in [0.3, 0.4) is 0 Å². The fraction of sp³-hybridized carbons (Fsp3) is 0.649. The van der Waals surface area contributed by atoms with Crippen LogP contribution in [0.1, 0.15) is 303 Å². The summed E-state index contributed by atoms with van der Waals surface area (Å²) >= 11 is 0. The molecule has 6 heteroatoms. The van der Waals surface area contributed by atoms with E-state index in [1.165, 1.54) is 116 Å². The fourth-order valence-electron chi connectivity index (χ4n) is 9.27. The van der Waals surface area contributed by atoms with Crippen LogP contribution in [0.2, 0.25) is 0 Å². The van der Waals surface area contributed by atoms with Crippen LogP contribution in [-0.4, -0.2) is 37.2 Å². The van der Waals surface area contributed by atoms with Crippen LogP contribution in [0.4, 0.5) is 0 Å². The Morgan fingerprint density at radius 3 is 0.735 bits per heavy atom. The van der Waals surface area contributed by atoms with Crippen LogP contribution in [0.15, 0.2) is 146 Å². The van der Waals surface area contributed by atoms with E-state index in [0.717, 1.165) is 148 Å². The second-order valence-corrected chi connectivity index (χ2v) is 22.3. The summed E-state index contributed by atoms with van der Waals surface area (Å²) in [5.74, 6) is -0.960. The molecule has 0 N–H and O–H groups in total. The van der Waals surface area contributed by atoms with Crippen molar-refractivity contribution < 1.29 is 28.6 Å². The predicted octanol–water partition coefficient (Wildman–Crippen LogP) is 23.9. The molecule has 1 atom stereocenters. The van der Waals surface area contributed by atoms with Gasteiger partial charge in [-0.1, -0.05) is 308 Å². The highest BCUT2D eigenvalue weighted by Crippen LogP contribution is 2.17. The average Bonchev–Trinajstić information content (AvgIpc) is 3.49. The lowest BCUT2D eigenvalue weighted by molar-refractivity contribution is -0.167. The molecule has 0 aromatic heterocycles. The highest BCUT2D eigenvalue weighted by Gasteiger charge is 2.19. The molecule has 0 spiro atoms. The third-order valence-corrected chi connectivity index (χ3v) is 14.3. The molecule has 6 nitrogen and oxygen atoms in total. The van der Waals surface area contributed by atoms with Gasteiger partial charge in [0.2, 0.25) is 0 Å². The van der Waals surface area contributed by atoms with Crippen molar-refractivity contribution in [1.29, 1.82) is 0 Å². The maximum absolute atomic E-state index is 12.9. The van der Waals surface area contributed by atoms with Gasteiger partial charge in [0.1, 0.15) is 13.2 Å². The van der Waals surface area contributed by atoms with Gasteiger partial charge >= 0.3 is 17.9 Å². The Morgan fingerprint density at radius 1 is 0.253 bits per heavy atom. The number of rotatable bonds is 61. The molecule has 0 amide bonds. The lowest BCUT2D eigenvalue weighted by Crippen LogP contribution is -2.30. The van der Waals surface area contributed by atoms with Gasteiger partial charge in [-0.25, -0.2) is 0 Å². The second kappa shape index (κ2) is 69.8. The minimum atomic E-state index is -0.810. The van der Waals surface area contributed by atoms with Crippen LogP contribution in [0.5, 0.6) is 0 Å². The Kier molecular flexibility index (Phi) is 65.8. The van der Waals surface area contributed by atoms with Gasteiger partial charge in [0.25, 0.3) is 0 Å². The van der Waals surface area contributed by atoms with Crippen molar-refractivity contribution in [2.24, 2.45) is 0 Å². The summed E-state index contributed by atoms with van der Waals surface area (Å²) in [4.78, 5) is 38.4. The Labute approximate surface area is 512 Å². The number of ether oxygens (including phenoxy) is 3. The Balaban J connectivity index is 4.39.